The number of hydrogen-bond donors (Lipinski definition) is 1. The van der Waals surface area contributed by atoms with Crippen LogP contribution in [0.3, 0.4) is 0 Å². The summed E-state index contributed by atoms with van der Waals surface area (Å²) in [5.74, 6) is 0.325. The predicted octanol–water partition coefficient (Wildman–Crippen LogP) is 1.77. The van der Waals surface area contributed by atoms with Crippen LogP contribution in [0.15, 0.2) is 43.0 Å². The largest absolute Gasteiger partial charge is 0.354 e. The summed E-state index contributed by atoms with van der Waals surface area (Å²) in [6.45, 7) is 6.63. The maximum absolute atomic E-state index is 12.6. The van der Waals surface area contributed by atoms with Crippen LogP contribution in [-0.2, 0) is 17.9 Å². The van der Waals surface area contributed by atoms with E-state index in [1.54, 1.807) is 6.20 Å². The van der Waals surface area contributed by atoms with Crippen LogP contribution in [0.2, 0.25) is 0 Å². The molecule has 2 saturated heterocycles. The number of aromatic nitrogens is 3. The number of likely N-dealkylation sites (tertiary alicyclic amines) is 2. The van der Waals surface area contributed by atoms with Crippen LogP contribution in [-0.4, -0.2) is 69.2 Å². The smallest absolute Gasteiger partial charge is 0.224 e. The maximum atomic E-state index is 12.6. The van der Waals surface area contributed by atoms with E-state index in [9.17, 15) is 4.79 Å². The van der Waals surface area contributed by atoms with Gasteiger partial charge in [-0.25, -0.2) is 0 Å². The van der Waals surface area contributed by atoms with Crippen LogP contribution >= 0.6 is 0 Å². The van der Waals surface area contributed by atoms with Gasteiger partial charge in [0, 0.05) is 50.5 Å². The molecule has 29 heavy (non-hydrogen) atoms. The molecule has 2 fully saturated rings. The molecular formula is C22H32N6O. The molecule has 0 radical (unpaired) electrons. The summed E-state index contributed by atoms with van der Waals surface area (Å²) in [6, 6.07) is 6.68. The van der Waals surface area contributed by atoms with Gasteiger partial charge in [0.1, 0.15) is 0 Å². The van der Waals surface area contributed by atoms with Gasteiger partial charge in [-0.15, -0.1) is 0 Å². The highest BCUT2D eigenvalue weighted by Gasteiger charge is 2.31. The first-order chi connectivity index (χ1) is 14.3. The zero-order valence-corrected chi connectivity index (χ0v) is 17.1. The highest BCUT2D eigenvalue weighted by Crippen LogP contribution is 2.24. The first-order valence-electron chi connectivity index (χ1n) is 10.9. The van der Waals surface area contributed by atoms with E-state index in [1.807, 2.05) is 35.4 Å². The number of rotatable bonds is 7. The third kappa shape index (κ3) is 5.64. The minimum atomic E-state index is 0.120. The number of carbonyl (C=O) groups is 1. The van der Waals surface area contributed by atoms with Gasteiger partial charge in [-0.1, -0.05) is 6.07 Å². The fourth-order valence-electron chi connectivity index (χ4n) is 4.62. The van der Waals surface area contributed by atoms with Gasteiger partial charge in [0.15, 0.2) is 0 Å². The third-order valence-electron chi connectivity index (χ3n) is 6.23. The first-order valence-corrected chi connectivity index (χ1v) is 10.9. The van der Waals surface area contributed by atoms with Crippen molar-refractivity contribution >= 4 is 5.91 Å². The van der Waals surface area contributed by atoms with Crippen molar-refractivity contribution in [3.05, 3.63) is 48.5 Å². The lowest BCUT2D eigenvalue weighted by Gasteiger charge is -2.42. The molecule has 0 unspecified atom stereocenters. The van der Waals surface area contributed by atoms with Crippen molar-refractivity contribution in [3.63, 3.8) is 0 Å². The van der Waals surface area contributed by atoms with Gasteiger partial charge < -0.3 is 5.32 Å². The number of hydrogen-bond acceptors (Lipinski definition) is 5. The van der Waals surface area contributed by atoms with E-state index >= 15 is 0 Å². The molecule has 0 spiro atoms. The minimum absolute atomic E-state index is 0.120. The van der Waals surface area contributed by atoms with Crippen molar-refractivity contribution in [2.45, 2.75) is 44.8 Å². The second-order valence-corrected chi connectivity index (χ2v) is 8.26. The summed E-state index contributed by atoms with van der Waals surface area (Å²) < 4.78 is 1.85. The van der Waals surface area contributed by atoms with Gasteiger partial charge in [-0.3, -0.25) is 24.3 Å². The zero-order valence-electron chi connectivity index (χ0n) is 17.1. The Labute approximate surface area is 173 Å². The van der Waals surface area contributed by atoms with Crippen LogP contribution in [0.25, 0.3) is 0 Å². The predicted molar refractivity (Wildman–Crippen MR) is 112 cm³/mol. The summed E-state index contributed by atoms with van der Waals surface area (Å²) >= 11 is 0. The molecule has 0 saturated carbocycles. The molecule has 1 atom stereocenters. The van der Waals surface area contributed by atoms with Gasteiger partial charge in [0.05, 0.1) is 12.5 Å². The van der Waals surface area contributed by atoms with Gasteiger partial charge in [0.25, 0.3) is 0 Å². The lowest BCUT2D eigenvalue weighted by molar-refractivity contribution is -0.127. The third-order valence-corrected chi connectivity index (χ3v) is 6.23. The van der Waals surface area contributed by atoms with E-state index in [-0.39, 0.29) is 11.8 Å². The Morgan fingerprint density at radius 1 is 1.14 bits per heavy atom. The van der Waals surface area contributed by atoms with Gasteiger partial charge in [-0.05, 0) is 63.0 Å². The normalized spacial score (nSPS) is 21.9. The second-order valence-electron chi connectivity index (χ2n) is 8.26. The van der Waals surface area contributed by atoms with E-state index in [0.29, 0.717) is 12.6 Å². The SMILES string of the molecule is O=C(NCCn1cccn1)[C@H]1CCCN(C2CCN(Cc3cccnc3)CC2)C1. The van der Waals surface area contributed by atoms with Crippen LogP contribution in [0, 0.1) is 5.92 Å². The lowest BCUT2D eigenvalue weighted by Crippen LogP contribution is -2.50. The highest BCUT2D eigenvalue weighted by atomic mass is 16.1. The Hall–Kier alpha value is -2.25. The van der Waals surface area contributed by atoms with E-state index in [1.165, 1.54) is 18.4 Å². The number of amides is 1. The number of nitrogens with zero attached hydrogens (tertiary/aromatic N) is 5. The monoisotopic (exact) mass is 396 g/mol. The molecule has 7 heteroatoms. The maximum Gasteiger partial charge on any atom is 0.224 e. The van der Waals surface area contributed by atoms with Crippen molar-refractivity contribution in [1.29, 1.82) is 0 Å². The molecule has 156 valence electrons. The van der Waals surface area contributed by atoms with Crippen molar-refractivity contribution in [2.24, 2.45) is 5.92 Å². The van der Waals surface area contributed by atoms with Crippen LogP contribution < -0.4 is 5.32 Å². The van der Waals surface area contributed by atoms with E-state index in [2.05, 4.69) is 31.3 Å². The van der Waals surface area contributed by atoms with Gasteiger partial charge in [-0.2, -0.15) is 5.10 Å². The molecule has 2 aliphatic heterocycles. The lowest BCUT2D eigenvalue weighted by atomic mass is 9.93. The standard InChI is InChI=1S/C22H32N6O/c29-22(24-10-15-28-12-3-9-25-28)20-5-2-11-27(18-20)21-6-13-26(14-7-21)17-19-4-1-8-23-16-19/h1,3-4,8-9,12,16,20-21H,2,5-7,10-11,13-15,17-18H2,(H,24,29)/t20-/m0/s1. The molecule has 2 aliphatic rings. The van der Waals surface area contributed by atoms with Crippen LogP contribution in [0.1, 0.15) is 31.2 Å². The molecule has 4 heterocycles. The summed E-state index contributed by atoms with van der Waals surface area (Å²) in [5.41, 5.74) is 1.29. The Morgan fingerprint density at radius 2 is 2.03 bits per heavy atom. The average Bonchev–Trinajstić information content (AvgIpc) is 3.29. The number of piperidine rings is 2. The summed E-state index contributed by atoms with van der Waals surface area (Å²) in [7, 11) is 0. The molecule has 0 aliphatic carbocycles. The van der Waals surface area contributed by atoms with E-state index in [4.69, 9.17) is 0 Å². The van der Waals surface area contributed by atoms with E-state index in [0.717, 1.165) is 52.1 Å². The van der Waals surface area contributed by atoms with Crippen LogP contribution in [0.5, 0.6) is 0 Å². The Bertz CT molecular complexity index is 742. The molecule has 2 aromatic heterocycles. The number of carbonyl (C=O) groups excluding carboxylic acids is 1. The second kappa shape index (κ2) is 9.98. The number of pyridine rings is 1. The van der Waals surface area contributed by atoms with Gasteiger partial charge in [0.2, 0.25) is 5.91 Å². The topological polar surface area (TPSA) is 66.3 Å². The summed E-state index contributed by atoms with van der Waals surface area (Å²) in [6.07, 6.45) is 12.0. The average molecular weight is 397 g/mol. The van der Waals surface area contributed by atoms with Crippen molar-refractivity contribution in [1.82, 2.24) is 29.9 Å². The Kier molecular flexibility index (Phi) is 6.90. The highest BCUT2D eigenvalue weighted by molar-refractivity contribution is 5.78. The fourth-order valence-corrected chi connectivity index (χ4v) is 4.62. The molecular weight excluding hydrogens is 364 g/mol. The zero-order chi connectivity index (χ0) is 19.9. The molecule has 0 aromatic carbocycles. The minimum Gasteiger partial charge on any atom is -0.354 e. The molecule has 0 bridgehead atoms. The van der Waals surface area contributed by atoms with Crippen molar-refractivity contribution in [2.75, 3.05) is 32.7 Å². The summed E-state index contributed by atoms with van der Waals surface area (Å²) in [5, 5.41) is 7.29. The quantitative estimate of drug-likeness (QED) is 0.773. The number of nitrogens with one attached hydrogen (secondary N) is 1. The fraction of sp³-hybridized carbons (Fsp3) is 0.591. The molecule has 2 aromatic rings. The molecule has 7 nitrogen and oxygen atoms in total. The molecule has 1 N–H and O–H groups in total. The Balaban J connectivity index is 1.20. The molecule has 1 amide bonds. The van der Waals surface area contributed by atoms with Crippen molar-refractivity contribution < 1.29 is 4.79 Å². The summed E-state index contributed by atoms with van der Waals surface area (Å²) in [4.78, 5) is 21.9. The van der Waals surface area contributed by atoms with Gasteiger partial charge >= 0.3 is 0 Å². The molecule has 4 rings (SSSR count). The Morgan fingerprint density at radius 3 is 2.79 bits per heavy atom. The first kappa shape index (κ1) is 20.0. The van der Waals surface area contributed by atoms with E-state index < -0.39 is 0 Å². The van der Waals surface area contributed by atoms with Crippen molar-refractivity contribution in [3.8, 4) is 0 Å². The van der Waals surface area contributed by atoms with Crippen LogP contribution in [0.4, 0.5) is 0 Å².